The number of rotatable bonds is 3. The van der Waals surface area contributed by atoms with Gasteiger partial charge < -0.3 is 14.8 Å². The standard InChI is InChI=1S/C19H25N3O4/c1-19(2)17(23)22(18(24)20-19)13-6-5-9-21(10-13)11-14-12-25-15-7-3-4-8-16(15)26-14/h3-4,7-8,13-14H,5-6,9-12H2,1-2H3,(H,20,24). The van der Waals surface area contributed by atoms with Crippen LogP contribution in [-0.2, 0) is 4.79 Å². The minimum absolute atomic E-state index is 0.0526. The number of imide groups is 1. The predicted octanol–water partition coefficient (Wildman–Crippen LogP) is 1.62. The Kier molecular flexibility index (Phi) is 4.26. The smallest absolute Gasteiger partial charge is 0.325 e. The molecule has 2 saturated heterocycles. The van der Waals surface area contributed by atoms with Crippen LogP contribution in [0, 0.1) is 0 Å². The molecule has 3 aliphatic rings. The number of hydrogen-bond acceptors (Lipinski definition) is 5. The van der Waals surface area contributed by atoms with Crippen LogP contribution in [0.15, 0.2) is 24.3 Å². The van der Waals surface area contributed by atoms with Crippen LogP contribution in [0.2, 0.25) is 0 Å². The molecule has 2 fully saturated rings. The predicted molar refractivity (Wildman–Crippen MR) is 95.3 cm³/mol. The lowest BCUT2D eigenvalue weighted by Gasteiger charge is -2.38. The van der Waals surface area contributed by atoms with Crippen LogP contribution >= 0.6 is 0 Å². The van der Waals surface area contributed by atoms with E-state index in [-0.39, 0.29) is 24.1 Å². The minimum Gasteiger partial charge on any atom is -0.486 e. The summed E-state index contributed by atoms with van der Waals surface area (Å²) >= 11 is 0. The van der Waals surface area contributed by atoms with Gasteiger partial charge in [0.05, 0.1) is 6.04 Å². The van der Waals surface area contributed by atoms with Gasteiger partial charge in [-0.1, -0.05) is 12.1 Å². The Hall–Kier alpha value is -2.28. The summed E-state index contributed by atoms with van der Waals surface area (Å²) in [6.07, 6.45) is 1.74. The molecule has 7 heteroatoms. The number of nitrogens with zero attached hydrogens (tertiary/aromatic N) is 2. The molecule has 0 aliphatic carbocycles. The number of likely N-dealkylation sites (tertiary alicyclic amines) is 1. The van der Waals surface area contributed by atoms with Crippen molar-refractivity contribution in [2.75, 3.05) is 26.2 Å². The van der Waals surface area contributed by atoms with E-state index in [0.717, 1.165) is 37.4 Å². The number of nitrogens with one attached hydrogen (secondary N) is 1. The summed E-state index contributed by atoms with van der Waals surface area (Å²) in [6, 6.07) is 7.31. The number of ether oxygens (including phenoxy) is 2. The number of piperidine rings is 1. The van der Waals surface area contributed by atoms with E-state index >= 15 is 0 Å². The second kappa shape index (κ2) is 6.46. The largest absolute Gasteiger partial charge is 0.486 e. The number of fused-ring (bicyclic) bond motifs is 1. The third kappa shape index (κ3) is 3.11. The van der Waals surface area contributed by atoms with Crippen LogP contribution in [0.1, 0.15) is 26.7 Å². The normalized spacial score (nSPS) is 28.2. The highest BCUT2D eigenvalue weighted by molar-refractivity contribution is 6.06. The molecule has 26 heavy (non-hydrogen) atoms. The SMILES string of the molecule is CC1(C)NC(=O)N(C2CCCN(CC3COc4ccccc4O3)C2)C1=O. The van der Waals surface area contributed by atoms with E-state index in [1.54, 1.807) is 13.8 Å². The Morgan fingerprint density at radius 2 is 2.00 bits per heavy atom. The van der Waals surface area contributed by atoms with Gasteiger partial charge in [-0.2, -0.15) is 0 Å². The monoisotopic (exact) mass is 359 g/mol. The molecule has 3 amide bonds. The van der Waals surface area contributed by atoms with Gasteiger partial charge in [0.25, 0.3) is 5.91 Å². The fourth-order valence-electron chi connectivity index (χ4n) is 3.95. The number of para-hydroxylation sites is 2. The van der Waals surface area contributed by atoms with Crippen molar-refractivity contribution < 1.29 is 19.1 Å². The van der Waals surface area contributed by atoms with Crippen molar-refractivity contribution in [3.63, 3.8) is 0 Å². The van der Waals surface area contributed by atoms with Crippen molar-refractivity contribution >= 4 is 11.9 Å². The maximum Gasteiger partial charge on any atom is 0.325 e. The van der Waals surface area contributed by atoms with Crippen molar-refractivity contribution in [1.82, 2.24) is 15.1 Å². The molecule has 2 unspecified atom stereocenters. The topological polar surface area (TPSA) is 71.1 Å². The van der Waals surface area contributed by atoms with Gasteiger partial charge >= 0.3 is 6.03 Å². The lowest BCUT2D eigenvalue weighted by atomic mass is 10.0. The van der Waals surface area contributed by atoms with E-state index in [2.05, 4.69) is 10.2 Å². The molecule has 2 atom stereocenters. The third-order valence-corrected chi connectivity index (χ3v) is 5.27. The van der Waals surface area contributed by atoms with Crippen molar-refractivity contribution in [3.8, 4) is 11.5 Å². The van der Waals surface area contributed by atoms with Crippen LogP contribution in [0.5, 0.6) is 11.5 Å². The molecule has 4 rings (SSSR count). The van der Waals surface area contributed by atoms with Gasteiger partial charge in [-0.3, -0.25) is 14.6 Å². The van der Waals surface area contributed by atoms with Gasteiger partial charge in [0.1, 0.15) is 18.2 Å². The average Bonchev–Trinajstić information content (AvgIpc) is 2.82. The van der Waals surface area contributed by atoms with E-state index in [9.17, 15) is 9.59 Å². The first-order valence-electron chi connectivity index (χ1n) is 9.21. The Morgan fingerprint density at radius 1 is 1.23 bits per heavy atom. The summed E-state index contributed by atoms with van der Waals surface area (Å²) in [5.41, 5.74) is -0.816. The number of hydrogen-bond donors (Lipinski definition) is 1. The van der Waals surface area contributed by atoms with E-state index in [1.807, 2.05) is 24.3 Å². The summed E-state index contributed by atoms with van der Waals surface area (Å²) in [5, 5.41) is 2.77. The first-order valence-corrected chi connectivity index (χ1v) is 9.21. The fourth-order valence-corrected chi connectivity index (χ4v) is 3.95. The molecule has 3 aliphatic heterocycles. The first kappa shape index (κ1) is 17.1. The summed E-state index contributed by atoms with van der Waals surface area (Å²) in [6.45, 7) is 6.34. The molecular weight excluding hydrogens is 334 g/mol. The molecule has 0 saturated carbocycles. The van der Waals surface area contributed by atoms with Crippen molar-refractivity contribution in [3.05, 3.63) is 24.3 Å². The van der Waals surface area contributed by atoms with E-state index in [4.69, 9.17) is 9.47 Å². The number of amides is 3. The Morgan fingerprint density at radius 3 is 2.73 bits per heavy atom. The summed E-state index contributed by atoms with van der Waals surface area (Å²) in [7, 11) is 0. The maximum absolute atomic E-state index is 12.6. The molecular formula is C19H25N3O4. The molecule has 1 aromatic rings. The number of carbonyl (C=O) groups is 2. The first-order chi connectivity index (χ1) is 12.4. The zero-order valence-electron chi connectivity index (χ0n) is 15.2. The van der Waals surface area contributed by atoms with Gasteiger partial charge in [0.2, 0.25) is 0 Å². The highest BCUT2D eigenvalue weighted by Gasteiger charge is 2.48. The molecule has 0 spiro atoms. The zero-order valence-corrected chi connectivity index (χ0v) is 15.2. The molecule has 140 valence electrons. The van der Waals surface area contributed by atoms with E-state index < -0.39 is 5.54 Å². The molecule has 0 bridgehead atoms. The van der Waals surface area contributed by atoms with Gasteiger partial charge in [-0.05, 0) is 45.4 Å². The van der Waals surface area contributed by atoms with Crippen molar-refractivity contribution in [2.45, 2.75) is 44.4 Å². The van der Waals surface area contributed by atoms with Crippen molar-refractivity contribution in [1.29, 1.82) is 0 Å². The van der Waals surface area contributed by atoms with Crippen LogP contribution in [0.4, 0.5) is 4.79 Å². The fraction of sp³-hybridized carbons (Fsp3) is 0.579. The highest BCUT2D eigenvalue weighted by Crippen LogP contribution is 2.31. The number of carbonyl (C=O) groups excluding carboxylic acids is 2. The Labute approximate surface area is 153 Å². The Balaban J connectivity index is 1.39. The average molecular weight is 359 g/mol. The van der Waals surface area contributed by atoms with E-state index in [0.29, 0.717) is 13.2 Å². The summed E-state index contributed by atoms with van der Waals surface area (Å²) in [4.78, 5) is 28.5. The van der Waals surface area contributed by atoms with Gasteiger partial charge in [0.15, 0.2) is 11.5 Å². The van der Waals surface area contributed by atoms with E-state index in [1.165, 1.54) is 4.90 Å². The van der Waals surface area contributed by atoms with Crippen LogP contribution in [0.25, 0.3) is 0 Å². The quantitative estimate of drug-likeness (QED) is 0.831. The van der Waals surface area contributed by atoms with Gasteiger partial charge in [-0.25, -0.2) is 4.79 Å². The number of benzene rings is 1. The Bertz CT molecular complexity index is 720. The zero-order chi connectivity index (χ0) is 18.3. The van der Waals surface area contributed by atoms with Crippen LogP contribution in [0.3, 0.4) is 0 Å². The highest BCUT2D eigenvalue weighted by atomic mass is 16.6. The molecule has 1 N–H and O–H groups in total. The molecule has 3 heterocycles. The number of urea groups is 1. The lowest BCUT2D eigenvalue weighted by Crippen LogP contribution is -2.53. The summed E-state index contributed by atoms with van der Waals surface area (Å²) in [5.74, 6) is 1.41. The third-order valence-electron chi connectivity index (χ3n) is 5.27. The molecule has 1 aromatic carbocycles. The van der Waals surface area contributed by atoms with Crippen molar-refractivity contribution in [2.24, 2.45) is 0 Å². The molecule has 0 aromatic heterocycles. The maximum atomic E-state index is 12.6. The van der Waals surface area contributed by atoms with Crippen LogP contribution in [-0.4, -0.2) is 65.7 Å². The molecule has 7 nitrogen and oxygen atoms in total. The second-order valence-electron chi connectivity index (χ2n) is 7.78. The van der Waals surface area contributed by atoms with Crippen LogP contribution < -0.4 is 14.8 Å². The molecule has 0 radical (unpaired) electrons. The lowest BCUT2D eigenvalue weighted by molar-refractivity contribution is -0.132. The second-order valence-corrected chi connectivity index (χ2v) is 7.78. The van der Waals surface area contributed by atoms with Gasteiger partial charge in [-0.15, -0.1) is 0 Å². The summed E-state index contributed by atoms with van der Waals surface area (Å²) < 4.78 is 11.8. The van der Waals surface area contributed by atoms with Gasteiger partial charge in [0, 0.05) is 13.1 Å². The minimum atomic E-state index is -0.816.